The van der Waals surface area contributed by atoms with Crippen molar-refractivity contribution in [2.24, 2.45) is 0 Å². The Morgan fingerprint density at radius 3 is 2.82 bits per heavy atom. The van der Waals surface area contributed by atoms with Crippen LogP contribution in [0.2, 0.25) is 5.02 Å². The molecule has 1 aromatic carbocycles. The number of thiazole rings is 1. The van der Waals surface area contributed by atoms with Crippen LogP contribution >= 0.6 is 22.9 Å². The van der Waals surface area contributed by atoms with Crippen LogP contribution in [0.3, 0.4) is 0 Å². The lowest BCUT2D eigenvalue weighted by Crippen LogP contribution is -1.91. The zero-order valence-corrected chi connectivity index (χ0v) is 11.0. The third-order valence-electron chi connectivity index (χ3n) is 2.34. The quantitative estimate of drug-likeness (QED) is 0.927. The highest BCUT2D eigenvalue weighted by Crippen LogP contribution is 2.34. The molecule has 1 unspecified atom stereocenters. The Bertz CT molecular complexity index is 525. The van der Waals surface area contributed by atoms with Gasteiger partial charge in [0.25, 0.3) is 0 Å². The molecule has 90 valence electrons. The number of aliphatic hydroxyl groups excluding tert-OH is 1. The summed E-state index contributed by atoms with van der Waals surface area (Å²) < 4.78 is 5.27. The van der Waals surface area contributed by atoms with E-state index < -0.39 is 6.10 Å². The number of halogens is 1. The standard InChI is InChI=1S/C12H12ClNO2S/c1-7(15)10-6-17-12(14-10)9-4-3-8(13)5-11(9)16-2/h3-7,15H,1-2H3. The van der Waals surface area contributed by atoms with Crippen molar-refractivity contribution in [2.45, 2.75) is 13.0 Å². The molecule has 0 amide bonds. The SMILES string of the molecule is COc1cc(Cl)ccc1-c1nc(C(C)O)cs1. The summed E-state index contributed by atoms with van der Waals surface area (Å²) in [5.74, 6) is 0.684. The highest BCUT2D eigenvalue weighted by Gasteiger charge is 2.12. The minimum absolute atomic E-state index is 0.557. The maximum Gasteiger partial charge on any atom is 0.130 e. The Kier molecular flexibility index (Phi) is 3.66. The Hall–Kier alpha value is -1.10. The summed E-state index contributed by atoms with van der Waals surface area (Å²) in [4.78, 5) is 4.36. The normalized spacial score (nSPS) is 12.5. The fourth-order valence-electron chi connectivity index (χ4n) is 1.44. The van der Waals surface area contributed by atoms with Crippen LogP contribution in [-0.4, -0.2) is 17.2 Å². The molecule has 2 rings (SSSR count). The molecule has 1 heterocycles. The van der Waals surface area contributed by atoms with Crippen LogP contribution in [0.15, 0.2) is 23.6 Å². The zero-order valence-electron chi connectivity index (χ0n) is 9.48. The van der Waals surface area contributed by atoms with E-state index in [-0.39, 0.29) is 0 Å². The lowest BCUT2D eigenvalue weighted by Gasteiger charge is -2.06. The summed E-state index contributed by atoms with van der Waals surface area (Å²) in [5.41, 5.74) is 1.55. The van der Waals surface area contributed by atoms with E-state index in [1.165, 1.54) is 11.3 Å². The molecule has 0 saturated heterocycles. The predicted molar refractivity (Wildman–Crippen MR) is 69.7 cm³/mol. The van der Waals surface area contributed by atoms with E-state index >= 15 is 0 Å². The van der Waals surface area contributed by atoms with Gasteiger partial charge in [-0.2, -0.15) is 0 Å². The molecule has 0 aliphatic carbocycles. The molecule has 0 radical (unpaired) electrons. The van der Waals surface area contributed by atoms with Gasteiger partial charge in [-0.05, 0) is 25.1 Å². The van der Waals surface area contributed by atoms with Gasteiger partial charge < -0.3 is 9.84 Å². The van der Waals surface area contributed by atoms with Gasteiger partial charge in [0.1, 0.15) is 10.8 Å². The largest absolute Gasteiger partial charge is 0.496 e. The third-order valence-corrected chi connectivity index (χ3v) is 3.47. The minimum Gasteiger partial charge on any atom is -0.496 e. The van der Waals surface area contributed by atoms with E-state index in [2.05, 4.69) is 4.98 Å². The number of benzene rings is 1. The van der Waals surface area contributed by atoms with Crippen molar-refractivity contribution in [3.05, 3.63) is 34.3 Å². The van der Waals surface area contributed by atoms with E-state index in [1.807, 2.05) is 11.4 Å². The van der Waals surface area contributed by atoms with Gasteiger partial charge in [0.15, 0.2) is 0 Å². The molecule has 0 aliphatic heterocycles. The first-order valence-electron chi connectivity index (χ1n) is 5.09. The third kappa shape index (κ3) is 2.60. The van der Waals surface area contributed by atoms with Crippen LogP contribution in [-0.2, 0) is 0 Å². The molecule has 1 aromatic heterocycles. The summed E-state index contributed by atoms with van der Waals surface area (Å²) in [7, 11) is 1.60. The summed E-state index contributed by atoms with van der Waals surface area (Å²) in [6.45, 7) is 1.69. The number of methoxy groups -OCH3 is 1. The van der Waals surface area contributed by atoms with Crippen molar-refractivity contribution in [2.75, 3.05) is 7.11 Å². The van der Waals surface area contributed by atoms with Crippen molar-refractivity contribution < 1.29 is 9.84 Å². The number of hydrogen-bond donors (Lipinski definition) is 1. The number of rotatable bonds is 3. The molecule has 5 heteroatoms. The predicted octanol–water partition coefficient (Wildman–Crippen LogP) is 3.53. The van der Waals surface area contributed by atoms with Gasteiger partial charge in [-0.15, -0.1) is 11.3 Å². The van der Waals surface area contributed by atoms with Gasteiger partial charge in [-0.1, -0.05) is 11.6 Å². The maximum atomic E-state index is 9.45. The summed E-state index contributed by atoms with van der Waals surface area (Å²) in [6.07, 6.45) is -0.557. The van der Waals surface area contributed by atoms with Crippen LogP contribution in [0.5, 0.6) is 5.75 Å². The highest BCUT2D eigenvalue weighted by atomic mass is 35.5. The van der Waals surface area contributed by atoms with E-state index in [1.54, 1.807) is 26.2 Å². The topological polar surface area (TPSA) is 42.4 Å². The fourth-order valence-corrected chi connectivity index (χ4v) is 2.54. The van der Waals surface area contributed by atoms with E-state index in [4.69, 9.17) is 16.3 Å². The van der Waals surface area contributed by atoms with Gasteiger partial charge in [-0.25, -0.2) is 4.98 Å². The number of ether oxygens (including phenoxy) is 1. The second-order valence-corrected chi connectivity index (χ2v) is 4.89. The number of aliphatic hydroxyl groups is 1. The van der Waals surface area contributed by atoms with Crippen LogP contribution in [0.25, 0.3) is 10.6 Å². The second-order valence-electron chi connectivity index (χ2n) is 3.60. The van der Waals surface area contributed by atoms with Crippen molar-refractivity contribution in [3.8, 4) is 16.3 Å². The van der Waals surface area contributed by atoms with Crippen molar-refractivity contribution in [3.63, 3.8) is 0 Å². The fraction of sp³-hybridized carbons (Fsp3) is 0.250. The average Bonchev–Trinajstić information content (AvgIpc) is 2.78. The lowest BCUT2D eigenvalue weighted by molar-refractivity contribution is 0.195. The first-order chi connectivity index (χ1) is 8.11. The molecule has 0 fully saturated rings. The van der Waals surface area contributed by atoms with Crippen LogP contribution in [0, 0.1) is 0 Å². The number of hydrogen-bond acceptors (Lipinski definition) is 4. The molecule has 0 spiro atoms. The molecule has 1 N–H and O–H groups in total. The van der Waals surface area contributed by atoms with Crippen LogP contribution in [0.1, 0.15) is 18.7 Å². The van der Waals surface area contributed by atoms with Gasteiger partial charge >= 0.3 is 0 Å². The molecule has 2 aromatic rings. The monoisotopic (exact) mass is 269 g/mol. The number of nitrogens with zero attached hydrogens (tertiary/aromatic N) is 1. The van der Waals surface area contributed by atoms with Crippen molar-refractivity contribution in [1.29, 1.82) is 0 Å². The van der Waals surface area contributed by atoms with Gasteiger partial charge in [0, 0.05) is 10.4 Å². The first-order valence-corrected chi connectivity index (χ1v) is 6.35. The molecular formula is C12H12ClNO2S. The van der Waals surface area contributed by atoms with Crippen LogP contribution < -0.4 is 4.74 Å². The Morgan fingerprint density at radius 1 is 1.47 bits per heavy atom. The van der Waals surface area contributed by atoms with Gasteiger partial charge in [0.05, 0.1) is 24.5 Å². The smallest absolute Gasteiger partial charge is 0.130 e. The molecule has 17 heavy (non-hydrogen) atoms. The zero-order chi connectivity index (χ0) is 12.4. The Labute approximate surface area is 109 Å². The Balaban J connectivity index is 2.44. The minimum atomic E-state index is -0.557. The lowest BCUT2D eigenvalue weighted by atomic mass is 10.2. The van der Waals surface area contributed by atoms with Crippen LogP contribution in [0.4, 0.5) is 0 Å². The first kappa shape index (κ1) is 12.4. The molecule has 0 bridgehead atoms. The molecular weight excluding hydrogens is 258 g/mol. The number of aromatic nitrogens is 1. The molecule has 1 atom stereocenters. The Morgan fingerprint density at radius 2 is 2.24 bits per heavy atom. The van der Waals surface area contributed by atoms with Crippen molar-refractivity contribution in [1.82, 2.24) is 4.98 Å². The van der Waals surface area contributed by atoms with E-state index in [0.29, 0.717) is 16.5 Å². The molecule has 0 saturated carbocycles. The summed E-state index contributed by atoms with van der Waals surface area (Å²) in [6, 6.07) is 5.41. The highest BCUT2D eigenvalue weighted by molar-refractivity contribution is 7.13. The second kappa shape index (κ2) is 5.04. The van der Waals surface area contributed by atoms with Gasteiger partial charge in [0.2, 0.25) is 0 Å². The van der Waals surface area contributed by atoms with Crippen molar-refractivity contribution >= 4 is 22.9 Å². The van der Waals surface area contributed by atoms with E-state index in [9.17, 15) is 5.11 Å². The summed E-state index contributed by atoms with van der Waals surface area (Å²) >= 11 is 7.37. The maximum absolute atomic E-state index is 9.45. The van der Waals surface area contributed by atoms with E-state index in [0.717, 1.165) is 10.6 Å². The van der Waals surface area contributed by atoms with Gasteiger partial charge in [-0.3, -0.25) is 0 Å². The molecule has 3 nitrogen and oxygen atoms in total. The summed E-state index contributed by atoms with van der Waals surface area (Å²) in [5, 5.41) is 12.7. The average molecular weight is 270 g/mol. The molecule has 0 aliphatic rings.